The van der Waals surface area contributed by atoms with Crippen LogP contribution < -0.4 is 5.32 Å². The Labute approximate surface area is 112 Å². The predicted molar refractivity (Wildman–Crippen MR) is 71.9 cm³/mol. The van der Waals surface area contributed by atoms with Crippen molar-refractivity contribution in [1.29, 1.82) is 0 Å². The fourth-order valence-electron chi connectivity index (χ4n) is 1.84. The summed E-state index contributed by atoms with van der Waals surface area (Å²) in [4.78, 5) is 3.95. The topological polar surface area (TPSA) is 45.2 Å². The van der Waals surface area contributed by atoms with Crippen molar-refractivity contribution in [2.24, 2.45) is 0 Å². The second kappa shape index (κ2) is 6.41. The third-order valence-electron chi connectivity index (χ3n) is 3.06. The molecule has 1 aromatic carbocycles. The first-order valence-corrected chi connectivity index (χ1v) is 6.22. The van der Waals surface area contributed by atoms with Gasteiger partial charge in [-0.3, -0.25) is 4.98 Å². The Bertz CT molecular complexity index is 501. The molecule has 100 valence electrons. The van der Waals surface area contributed by atoms with Gasteiger partial charge < -0.3 is 10.4 Å². The maximum Gasteiger partial charge on any atom is 0.123 e. The van der Waals surface area contributed by atoms with Gasteiger partial charge in [0.15, 0.2) is 0 Å². The summed E-state index contributed by atoms with van der Waals surface area (Å²) >= 11 is 0. The van der Waals surface area contributed by atoms with Crippen LogP contribution in [0, 0.1) is 5.82 Å². The van der Waals surface area contributed by atoms with E-state index in [-0.39, 0.29) is 11.9 Å². The molecule has 0 fully saturated rings. The van der Waals surface area contributed by atoms with Crippen molar-refractivity contribution in [2.75, 3.05) is 0 Å². The van der Waals surface area contributed by atoms with Crippen molar-refractivity contribution < 1.29 is 9.50 Å². The van der Waals surface area contributed by atoms with Gasteiger partial charge in [-0.1, -0.05) is 12.1 Å². The molecule has 1 heterocycles. The molecule has 0 spiro atoms. The zero-order valence-corrected chi connectivity index (χ0v) is 10.8. The van der Waals surface area contributed by atoms with Crippen LogP contribution in [0.25, 0.3) is 0 Å². The van der Waals surface area contributed by atoms with Crippen LogP contribution in [0.4, 0.5) is 4.39 Å². The summed E-state index contributed by atoms with van der Waals surface area (Å²) in [7, 11) is 0. The van der Waals surface area contributed by atoms with E-state index in [4.69, 9.17) is 0 Å². The Hall–Kier alpha value is -1.78. The normalized spacial score (nSPS) is 14.1. The van der Waals surface area contributed by atoms with E-state index in [1.807, 2.05) is 19.1 Å². The van der Waals surface area contributed by atoms with Crippen LogP contribution in [-0.2, 0) is 6.54 Å². The molecule has 3 nitrogen and oxygen atoms in total. The highest BCUT2D eigenvalue weighted by Gasteiger charge is 2.15. The van der Waals surface area contributed by atoms with Gasteiger partial charge in [0, 0.05) is 25.0 Å². The monoisotopic (exact) mass is 260 g/mol. The third-order valence-corrected chi connectivity index (χ3v) is 3.06. The number of aliphatic hydroxyl groups excluding tert-OH is 1. The van der Waals surface area contributed by atoms with Crippen LogP contribution in [0.1, 0.15) is 24.2 Å². The molecule has 1 aromatic heterocycles. The number of hydrogen-bond donors (Lipinski definition) is 2. The standard InChI is InChI=1S/C15H17FN2O/c1-11(18-10-12-6-8-17-9-7-12)15(19)13-2-4-14(16)5-3-13/h2-9,11,15,18-19H,10H2,1H3. The second-order valence-electron chi connectivity index (χ2n) is 4.52. The van der Waals surface area contributed by atoms with E-state index >= 15 is 0 Å². The zero-order chi connectivity index (χ0) is 13.7. The Morgan fingerprint density at radius 2 is 1.79 bits per heavy atom. The SMILES string of the molecule is CC(NCc1ccncc1)C(O)c1ccc(F)cc1. The van der Waals surface area contributed by atoms with Crippen molar-refractivity contribution in [3.63, 3.8) is 0 Å². The fraction of sp³-hybridized carbons (Fsp3) is 0.267. The minimum atomic E-state index is -0.664. The molecule has 0 aliphatic carbocycles. The number of nitrogens with zero attached hydrogens (tertiary/aromatic N) is 1. The molecular formula is C15H17FN2O. The van der Waals surface area contributed by atoms with E-state index in [1.54, 1.807) is 24.5 Å². The van der Waals surface area contributed by atoms with Gasteiger partial charge in [-0.2, -0.15) is 0 Å². The number of halogens is 1. The van der Waals surface area contributed by atoms with Gasteiger partial charge in [-0.05, 0) is 42.3 Å². The average molecular weight is 260 g/mol. The lowest BCUT2D eigenvalue weighted by Gasteiger charge is -2.20. The van der Waals surface area contributed by atoms with Gasteiger partial charge in [0.1, 0.15) is 5.82 Å². The zero-order valence-electron chi connectivity index (χ0n) is 10.8. The maximum atomic E-state index is 12.8. The molecule has 0 amide bonds. The first-order chi connectivity index (χ1) is 9.16. The van der Waals surface area contributed by atoms with Gasteiger partial charge in [0.05, 0.1) is 6.10 Å². The van der Waals surface area contributed by atoms with Crippen LogP contribution in [0.2, 0.25) is 0 Å². The molecule has 2 aromatic rings. The molecular weight excluding hydrogens is 243 g/mol. The van der Waals surface area contributed by atoms with Crippen LogP contribution in [-0.4, -0.2) is 16.1 Å². The van der Waals surface area contributed by atoms with E-state index in [2.05, 4.69) is 10.3 Å². The lowest BCUT2D eigenvalue weighted by Crippen LogP contribution is -2.31. The van der Waals surface area contributed by atoms with Crippen LogP contribution in [0.15, 0.2) is 48.8 Å². The van der Waals surface area contributed by atoms with Crippen LogP contribution in [0.3, 0.4) is 0 Å². The summed E-state index contributed by atoms with van der Waals surface area (Å²) in [5.41, 5.74) is 1.81. The molecule has 4 heteroatoms. The van der Waals surface area contributed by atoms with Crippen molar-refractivity contribution in [2.45, 2.75) is 25.6 Å². The third kappa shape index (κ3) is 3.84. The highest BCUT2D eigenvalue weighted by Crippen LogP contribution is 2.17. The van der Waals surface area contributed by atoms with Gasteiger partial charge >= 0.3 is 0 Å². The summed E-state index contributed by atoms with van der Waals surface area (Å²) in [6.07, 6.45) is 2.80. The number of benzene rings is 1. The lowest BCUT2D eigenvalue weighted by atomic mass is 10.0. The Morgan fingerprint density at radius 3 is 2.42 bits per heavy atom. The summed E-state index contributed by atoms with van der Waals surface area (Å²) < 4.78 is 12.8. The first kappa shape index (κ1) is 13.6. The van der Waals surface area contributed by atoms with E-state index in [0.717, 1.165) is 5.56 Å². The minimum absolute atomic E-state index is 0.126. The molecule has 2 unspecified atom stereocenters. The Balaban J connectivity index is 1.92. The highest BCUT2D eigenvalue weighted by atomic mass is 19.1. The molecule has 0 saturated carbocycles. The van der Waals surface area contributed by atoms with Gasteiger partial charge in [0.2, 0.25) is 0 Å². The number of rotatable bonds is 5. The van der Waals surface area contributed by atoms with Crippen molar-refractivity contribution in [3.8, 4) is 0 Å². The molecule has 0 radical (unpaired) electrons. The molecule has 2 rings (SSSR count). The van der Waals surface area contributed by atoms with E-state index in [9.17, 15) is 9.50 Å². The molecule has 2 N–H and O–H groups in total. The molecule has 0 saturated heterocycles. The average Bonchev–Trinajstić information content (AvgIpc) is 2.46. The fourth-order valence-corrected chi connectivity index (χ4v) is 1.84. The summed E-state index contributed by atoms with van der Waals surface area (Å²) in [5.74, 6) is -0.298. The lowest BCUT2D eigenvalue weighted by molar-refractivity contribution is 0.135. The Morgan fingerprint density at radius 1 is 1.16 bits per heavy atom. The maximum absolute atomic E-state index is 12.8. The number of nitrogens with one attached hydrogen (secondary N) is 1. The van der Waals surface area contributed by atoms with Gasteiger partial charge in [-0.15, -0.1) is 0 Å². The van der Waals surface area contributed by atoms with Crippen molar-refractivity contribution in [1.82, 2.24) is 10.3 Å². The predicted octanol–water partition coefficient (Wildman–Crippen LogP) is 2.43. The number of aromatic nitrogens is 1. The summed E-state index contributed by atoms with van der Waals surface area (Å²) in [6, 6.07) is 9.63. The summed E-state index contributed by atoms with van der Waals surface area (Å²) in [5, 5.41) is 13.4. The van der Waals surface area contributed by atoms with E-state index in [1.165, 1.54) is 12.1 Å². The van der Waals surface area contributed by atoms with E-state index < -0.39 is 6.10 Å². The molecule has 2 atom stereocenters. The van der Waals surface area contributed by atoms with Crippen LogP contribution in [0.5, 0.6) is 0 Å². The quantitative estimate of drug-likeness (QED) is 0.868. The second-order valence-corrected chi connectivity index (χ2v) is 4.52. The molecule has 19 heavy (non-hydrogen) atoms. The van der Waals surface area contributed by atoms with Gasteiger partial charge in [0.25, 0.3) is 0 Å². The van der Waals surface area contributed by atoms with E-state index in [0.29, 0.717) is 12.1 Å². The van der Waals surface area contributed by atoms with Gasteiger partial charge in [-0.25, -0.2) is 4.39 Å². The largest absolute Gasteiger partial charge is 0.387 e. The molecule has 0 aliphatic rings. The first-order valence-electron chi connectivity index (χ1n) is 6.22. The van der Waals surface area contributed by atoms with Crippen LogP contribution >= 0.6 is 0 Å². The minimum Gasteiger partial charge on any atom is -0.387 e. The number of aliphatic hydroxyl groups is 1. The van der Waals surface area contributed by atoms with Crippen molar-refractivity contribution >= 4 is 0 Å². The Kier molecular flexibility index (Phi) is 4.60. The molecule has 0 aliphatic heterocycles. The number of pyridine rings is 1. The summed E-state index contributed by atoms with van der Waals surface area (Å²) in [6.45, 7) is 2.55. The smallest absolute Gasteiger partial charge is 0.123 e. The highest BCUT2D eigenvalue weighted by molar-refractivity contribution is 5.20. The molecule has 0 bridgehead atoms. The van der Waals surface area contributed by atoms with Crippen molar-refractivity contribution in [3.05, 3.63) is 65.7 Å². The number of hydrogen-bond acceptors (Lipinski definition) is 3.